The van der Waals surface area contributed by atoms with Gasteiger partial charge in [-0.3, -0.25) is 4.98 Å². The second-order valence-corrected chi connectivity index (χ2v) is 4.76. The van der Waals surface area contributed by atoms with Crippen LogP contribution in [0.15, 0.2) is 36.7 Å². The number of aromatic nitrogens is 2. The average Bonchev–Trinajstić information content (AvgIpc) is 2.53. The lowest BCUT2D eigenvalue weighted by Gasteiger charge is -2.19. The van der Waals surface area contributed by atoms with Gasteiger partial charge in [0.1, 0.15) is 18.1 Å². The van der Waals surface area contributed by atoms with Crippen LogP contribution in [0.4, 0.5) is 0 Å². The fourth-order valence-corrected chi connectivity index (χ4v) is 2.05. The Labute approximate surface area is 129 Å². The number of ether oxygens (including phenoxy) is 2. The maximum Gasteiger partial charge on any atom is 0.237 e. The second kappa shape index (κ2) is 7.81. The predicted octanol–water partition coefficient (Wildman–Crippen LogP) is 2.87. The first kappa shape index (κ1) is 15.5. The summed E-state index contributed by atoms with van der Waals surface area (Å²) < 4.78 is 11.0. The van der Waals surface area contributed by atoms with E-state index >= 15 is 0 Å². The van der Waals surface area contributed by atoms with Gasteiger partial charge in [-0.25, -0.2) is 4.98 Å². The molecule has 1 atom stereocenters. The van der Waals surface area contributed by atoms with Crippen LogP contribution >= 0.6 is 11.6 Å². The highest BCUT2D eigenvalue weighted by Gasteiger charge is 2.18. The summed E-state index contributed by atoms with van der Waals surface area (Å²) in [4.78, 5) is 8.51. The highest BCUT2D eigenvalue weighted by molar-refractivity contribution is 6.30. The molecule has 0 amide bonds. The van der Waals surface area contributed by atoms with Crippen molar-refractivity contribution >= 4 is 11.6 Å². The number of hydrogen-bond donors (Lipinski definition) is 1. The summed E-state index contributed by atoms with van der Waals surface area (Å²) in [5.74, 6) is 1.26. The van der Waals surface area contributed by atoms with Crippen LogP contribution in [0.1, 0.15) is 18.7 Å². The summed E-state index contributed by atoms with van der Waals surface area (Å²) >= 11 is 5.86. The van der Waals surface area contributed by atoms with Crippen LogP contribution < -0.4 is 14.8 Å². The van der Waals surface area contributed by atoms with Gasteiger partial charge in [-0.1, -0.05) is 18.5 Å². The van der Waals surface area contributed by atoms with Gasteiger partial charge >= 0.3 is 0 Å². The van der Waals surface area contributed by atoms with E-state index in [2.05, 4.69) is 15.3 Å². The molecule has 6 heteroatoms. The Bertz CT molecular complexity index is 563. The highest BCUT2D eigenvalue weighted by atomic mass is 35.5. The molecule has 1 unspecified atom stereocenters. The van der Waals surface area contributed by atoms with E-state index in [1.165, 1.54) is 0 Å². The Morgan fingerprint density at radius 1 is 1.19 bits per heavy atom. The molecule has 2 rings (SSSR count). The molecule has 0 fully saturated rings. The summed E-state index contributed by atoms with van der Waals surface area (Å²) in [7, 11) is 1.58. The number of nitrogens with zero attached hydrogens (tertiary/aromatic N) is 2. The normalized spacial score (nSPS) is 12.0. The Hall–Kier alpha value is -1.85. The molecule has 0 aliphatic heterocycles. The first-order valence-electron chi connectivity index (χ1n) is 6.71. The van der Waals surface area contributed by atoms with Crippen LogP contribution in [-0.4, -0.2) is 30.2 Å². The van der Waals surface area contributed by atoms with E-state index in [1.807, 2.05) is 19.1 Å². The molecular formula is C15H18ClN3O2. The van der Waals surface area contributed by atoms with E-state index in [9.17, 15) is 0 Å². The van der Waals surface area contributed by atoms with Crippen LogP contribution in [0.3, 0.4) is 0 Å². The van der Waals surface area contributed by atoms with Crippen molar-refractivity contribution in [1.29, 1.82) is 0 Å². The molecule has 0 saturated heterocycles. The Balaban J connectivity index is 2.10. The van der Waals surface area contributed by atoms with Crippen LogP contribution in [0, 0.1) is 0 Å². The van der Waals surface area contributed by atoms with Crippen molar-refractivity contribution in [2.45, 2.75) is 13.0 Å². The zero-order valence-corrected chi connectivity index (χ0v) is 12.8. The zero-order valence-electron chi connectivity index (χ0n) is 12.0. The Morgan fingerprint density at radius 3 is 2.57 bits per heavy atom. The molecule has 112 valence electrons. The largest absolute Gasteiger partial charge is 0.492 e. The first-order valence-corrected chi connectivity index (χ1v) is 7.09. The van der Waals surface area contributed by atoms with E-state index in [1.54, 1.807) is 31.6 Å². The van der Waals surface area contributed by atoms with Crippen LogP contribution in [0.5, 0.6) is 11.6 Å². The average molecular weight is 308 g/mol. The lowest BCUT2D eigenvalue weighted by atomic mass is 10.2. The molecule has 0 aliphatic rings. The van der Waals surface area contributed by atoms with E-state index in [0.717, 1.165) is 18.0 Å². The standard InChI is InChI=1S/C15H18ClN3O2/c1-3-17-13(14-15(20-2)19-9-8-18-14)10-21-12-6-4-11(16)5-7-12/h4-9,13,17H,3,10H2,1-2H3. The lowest BCUT2D eigenvalue weighted by Crippen LogP contribution is -2.28. The monoisotopic (exact) mass is 307 g/mol. The number of benzene rings is 1. The van der Waals surface area contributed by atoms with Gasteiger partial charge in [0.25, 0.3) is 0 Å². The maximum atomic E-state index is 5.86. The third-order valence-electron chi connectivity index (χ3n) is 2.90. The second-order valence-electron chi connectivity index (χ2n) is 4.33. The van der Waals surface area contributed by atoms with E-state index in [-0.39, 0.29) is 6.04 Å². The van der Waals surface area contributed by atoms with Crippen LogP contribution in [0.25, 0.3) is 0 Å². The SMILES string of the molecule is CCNC(COc1ccc(Cl)cc1)c1nccnc1OC. The summed E-state index contributed by atoms with van der Waals surface area (Å²) in [6.45, 7) is 3.23. The molecule has 1 heterocycles. The van der Waals surface area contributed by atoms with Gasteiger partial charge in [-0.15, -0.1) is 0 Å². The van der Waals surface area contributed by atoms with Crippen molar-refractivity contribution in [3.63, 3.8) is 0 Å². The minimum Gasteiger partial charge on any atom is -0.492 e. The molecule has 1 aromatic carbocycles. The van der Waals surface area contributed by atoms with Crippen molar-refractivity contribution in [2.24, 2.45) is 0 Å². The molecule has 5 nitrogen and oxygen atoms in total. The summed E-state index contributed by atoms with van der Waals surface area (Å²) in [5, 5.41) is 4.00. The van der Waals surface area contributed by atoms with Crippen molar-refractivity contribution in [2.75, 3.05) is 20.3 Å². The summed E-state index contributed by atoms with van der Waals surface area (Å²) in [6, 6.07) is 7.15. The topological polar surface area (TPSA) is 56.3 Å². The predicted molar refractivity (Wildman–Crippen MR) is 81.9 cm³/mol. The molecule has 1 aromatic heterocycles. The quantitative estimate of drug-likeness (QED) is 0.852. The first-order chi connectivity index (χ1) is 10.2. The molecule has 0 bridgehead atoms. The smallest absolute Gasteiger partial charge is 0.237 e. The van der Waals surface area contributed by atoms with Crippen LogP contribution in [-0.2, 0) is 0 Å². The summed E-state index contributed by atoms with van der Waals surface area (Å²) in [5.41, 5.74) is 0.732. The van der Waals surface area contributed by atoms with Crippen molar-refractivity contribution < 1.29 is 9.47 Å². The molecule has 1 N–H and O–H groups in total. The molecule has 21 heavy (non-hydrogen) atoms. The van der Waals surface area contributed by atoms with Gasteiger partial charge < -0.3 is 14.8 Å². The molecule has 0 spiro atoms. The van der Waals surface area contributed by atoms with Crippen molar-refractivity contribution in [3.8, 4) is 11.6 Å². The van der Waals surface area contributed by atoms with Gasteiger partial charge in [-0.2, -0.15) is 0 Å². The van der Waals surface area contributed by atoms with Crippen LogP contribution in [0.2, 0.25) is 5.02 Å². The molecule has 2 aromatic rings. The number of likely N-dealkylation sites (N-methyl/N-ethyl adjacent to an activating group) is 1. The third-order valence-corrected chi connectivity index (χ3v) is 3.15. The minimum atomic E-state index is -0.102. The van der Waals surface area contributed by atoms with E-state index in [4.69, 9.17) is 21.1 Å². The number of hydrogen-bond acceptors (Lipinski definition) is 5. The Kier molecular flexibility index (Phi) is 5.78. The number of methoxy groups -OCH3 is 1. The van der Waals surface area contributed by atoms with Gasteiger partial charge in [0.05, 0.1) is 13.2 Å². The van der Waals surface area contributed by atoms with Gasteiger partial charge in [0.15, 0.2) is 0 Å². The van der Waals surface area contributed by atoms with Gasteiger partial charge in [-0.05, 0) is 30.8 Å². The van der Waals surface area contributed by atoms with Gasteiger partial charge in [0, 0.05) is 17.4 Å². The lowest BCUT2D eigenvalue weighted by molar-refractivity contribution is 0.259. The van der Waals surface area contributed by atoms with Crippen molar-refractivity contribution in [3.05, 3.63) is 47.4 Å². The molecule has 0 saturated carbocycles. The van der Waals surface area contributed by atoms with E-state index in [0.29, 0.717) is 17.5 Å². The maximum absolute atomic E-state index is 5.86. The summed E-state index contributed by atoms with van der Waals surface area (Å²) in [6.07, 6.45) is 3.25. The Morgan fingerprint density at radius 2 is 1.90 bits per heavy atom. The molecule has 0 radical (unpaired) electrons. The van der Waals surface area contributed by atoms with Gasteiger partial charge in [0.2, 0.25) is 5.88 Å². The number of rotatable bonds is 7. The highest BCUT2D eigenvalue weighted by Crippen LogP contribution is 2.22. The molecular weight excluding hydrogens is 290 g/mol. The minimum absolute atomic E-state index is 0.102. The number of halogens is 1. The fourth-order valence-electron chi connectivity index (χ4n) is 1.92. The van der Waals surface area contributed by atoms with E-state index < -0.39 is 0 Å². The fraction of sp³-hybridized carbons (Fsp3) is 0.333. The van der Waals surface area contributed by atoms with Crippen molar-refractivity contribution in [1.82, 2.24) is 15.3 Å². The zero-order chi connectivity index (χ0) is 15.1. The third kappa shape index (κ3) is 4.31. The molecule has 0 aliphatic carbocycles. The number of nitrogens with one attached hydrogen (secondary N) is 1.